The minimum absolute atomic E-state index is 0.108. The number of H-pyrrole nitrogens is 1. The summed E-state index contributed by atoms with van der Waals surface area (Å²) in [6.07, 6.45) is 9.87. The lowest BCUT2D eigenvalue weighted by Crippen LogP contribution is -2.34. The Balaban J connectivity index is 2.11. The van der Waals surface area contributed by atoms with Crippen molar-refractivity contribution in [3.63, 3.8) is 0 Å². The molecule has 4 N–H and O–H groups in total. The van der Waals surface area contributed by atoms with Gasteiger partial charge in [-0.3, -0.25) is 5.41 Å². The van der Waals surface area contributed by atoms with E-state index in [0.29, 0.717) is 17.2 Å². The van der Waals surface area contributed by atoms with Crippen LogP contribution < -0.4 is 15.9 Å². The van der Waals surface area contributed by atoms with Crippen molar-refractivity contribution in [2.45, 2.75) is 53.4 Å². The molecule has 0 fully saturated rings. The monoisotopic (exact) mass is 418 g/mol. The van der Waals surface area contributed by atoms with Crippen molar-refractivity contribution >= 4 is 23.7 Å². The molecule has 0 amide bonds. The molecule has 1 aromatic carbocycles. The van der Waals surface area contributed by atoms with Crippen LogP contribution >= 0.6 is 0 Å². The number of hydrogen-bond donors (Lipinski definition) is 4. The Morgan fingerprint density at radius 3 is 2.71 bits per heavy atom. The number of rotatable bonds is 7. The van der Waals surface area contributed by atoms with Crippen LogP contribution in [0.4, 0.5) is 0 Å². The molecule has 3 rings (SSSR count). The van der Waals surface area contributed by atoms with Gasteiger partial charge in [-0.25, -0.2) is 4.99 Å². The van der Waals surface area contributed by atoms with E-state index in [0.717, 1.165) is 30.0 Å². The van der Waals surface area contributed by atoms with Gasteiger partial charge in [-0.1, -0.05) is 44.2 Å². The van der Waals surface area contributed by atoms with E-state index in [1.807, 2.05) is 13.8 Å². The fourth-order valence-electron chi connectivity index (χ4n) is 4.30. The molecule has 0 saturated heterocycles. The molecule has 1 heterocycles. The highest BCUT2D eigenvalue weighted by Crippen LogP contribution is 2.34. The maximum absolute atomic E-state index is 10.7. The van der Waals surface area contributed by atoms with Gasteiger partial charge in [-0.15, -0.1) is 0 Å². The van der Waals surface area contributed by atoms with E-state index in [-0.39, 0.29) is 17.6 Å². The average molecular weight is 419 g/mol. The Morgan fingerprint density at radius 1 is 1.26 bits per heavy atom. The largest absolute Gasteiger partial charge is 0.494 e. The third-order valence-corrected chi connectivity index (χ3v) is 6.03. The van der Waals surface area contributed by atoms with Gasteiger partial charge in [0.1, 0.15) is 5.84 Å². The summed E-state index contributed by atoms with van der Waals surface area (Å²) in [5.41, 5.74) is 5.27. The van der Waals surface area contributed by atoms with E-state index >= 15 is 0 Å². The minimum atomic E-state index is 0.108. The summed E-state index contributed by atoms with van der Waals surface area (Å²) in [5, 5.41) is 23.7. The molecule has 5 nitrogen and oxygen atoms in total. The lowest BCUT2D eigenvalue weighted by molar-refractivity contribution is 0.455. The van der Waals surface area contributed by atoms with Crippen LogP contribution in [-0.2, 0) is 6.42 Å². The van der Waals surface area contributed by atoms with E-state index in [2.05, 4.69) is 66.4 Å². The van der Waals surface area contributed by atoms with Gasteiger partial charge in [-0.05, 0) is 62.3 Å². The second kappa shape index (κ2) is 9.82. The second-order valence-electron chi connectivity index (χ2n) is 8.13. The summed E-state index contributed by atoms with van der Waals surface area (Å²) in [6.45, 7) is 11.2. The van der Waals surface area contributed by atoms with E-state index < -0.39 is 0 Å². The predicted molar refractivity (Wildman–Crippen MR) is 130 cm³/mol. The topological polar surface area (TPSA) is 84.3 Å². The molecule has 0 aliphatic heterocycles. The van der Waals surface area contributed by atoms with Crippen LogP contribution in [0.1, 0.15) is 62.3 Å². The lowest BCUT2D eigenvalue weighted by atomic mass is 9.78. The fourth-order valence-corrected chi connectivity index (χ4v) is 4.30. The van der Waals surface area contributed by atoms with Crippen LogP contribution in [0.15, 0.2) is 35.5 Å². The van der Waals surface area contributed by atoms with E-state index in [1.165, 1.54) is 16.7 Å². The molecule has 0 radical (unpaired) electrons. The van der Waals surface area contributed by atoms with Gasteiger partial charge in [0.2, 0.25) is 0 Å². The Kier molecular flexibility index (Phi) is 7.16. The SMILES string of the molecule is CCN/C=C\C(=N)N=C(C)c1c(O)[nH]c2c1=CC(c1cc(CC)ccc1C)C(CC)C=2. The quantitative estimate of drug-likeness (QED) is 0.406. The van der Waals surface area contributed by atoms with Gasteiger partial charge >= 0.3 is 0 Å². The average Bonchev–Trinajstić information content (AvgIpc) is 3.08. The number of aromatic amines is 1. The van der Waals surface area contributed by atoms with Crippen LogP contribution in [0, 0.1) is 18.3 Å². The van der Waals surface area contributed by atoms with Crippen LogP contribution in [-0.4, -0.2) is 28.2 Å². The van der Waals surface area contributed by atoms with Crippen molar-refractivity contribution in [2.75, 3.05) is 6.54 Å². The normalized spacial score (nSPS) is 18.4. The van der Waals surface area contributed by atoms with Crippen molar-refractivity contribution in [1.82, 2.24) is 10.3 Å². The number of benzene rings is 1. The van der Waals surface area contributed by atoms with Crippen molar-refractivity contribution < 1.29 is 5.11 Å². The van der Waals surface area contributed by atoms with Gasteiger partial charge < -0.3 is 15.4 Å². The maximum Gasteiger partial charge on any atom is 0.198 e. The number of hydrogen-bond acceptors (Lipinski definition) is 3. The van der Waals surface area contributed by atoms with E-state index in [9.17, 15) is 5.11 Å². The summed E-state index contributed by atoms with van der Waals surface area (Å²) in [4.78, 5) is 7.53. The predicted octanol–water partition coefficient (Wildman–Crippen LogP) is 3.89. The van der Waals surface area contributed by atoms with Crippen molar-refractivity contribution in [2.24, 2.45) is 10.9 Å². The maximum atomic E-state index is 10.7. The number of aliphatic imine (C=N–C) groups is 1. The summed E-state index contributed by atoms with van der Waals surface area (Å²) in [7, 11) is 0. The van der Waals surface area contributed by atoms with Gasteiger partial charge in [0.15, 0.2) is 5.88 Å². The fraction of sp³-hybridized carbons (Fsp3) is 0.385. The number of amidine groups is 1. The van der Waals surface area contributed by atoms with Crippen LogP contribution in [0.5, 0.6) is 5.88 Å². The molecule has 31 heavy (non-hydrogen) atoms. The van der Waals surface area contributed by atoms with Crippen LogP contribution in [0.3, 0.4) is 0 Å². The standard InChI is InChI=1S/C26H34N4O/c1-6-18-10-9-16(4)20(13-18)21-15-22-23(14-19(21)7-2)30-26(31)25(22)17(5)29-24(27)11-12-28-8-3/h9-15,19,21,27-28,30-31H,6-8H2,1-5H3/b12-11-,27-24?,29-17?. The third-order valence-electron chi connectivity index (χ3n) is 6.03. The van der Waals surface area contributed by atoms with Gasteiger partial charge in [0.05, 0.1) is 11.3 Å². The zero-order chi connectivity index (χ0) is 22.5. The molecule has 1 aliphatic carbocycles. The summed E-state index contributed by atoms with van der Waals surface area (Å²) >= 11 is 0. The number of nitrogens with zero attached hydrogens (tertiary/aromatic N) is 1. The number of aryl methyl sites for hydroxylation is 2. The molecule has 2 unspecified atom stereocenters. The van der Waals surface area contributed by atoms with Gasteiger partial charge in [0.25, 0.3) is 0 Å². The molecule has 1 aromatic heterocycles. The molecule has 164 valence electrons. The number of nitrogens with one attached hydrogen (secondary N) is 3. The van der Waals surface area contributed by atoms with E-state index in [4.69, 9.17) is 5.41 Å². The molecule has 1 aliphatic rings. The van der Waals surface area contributed by atoms with Gasteiger partial charge in [-0.2, -0.15) is 0 Å². The molecule has 5 heteroatoms. The van der Waals surface area contributed by atoms with Crippen molar-refractivity contribution in [1.29, 1.82) is 5.41 Å². The second-order valence-corrected chi connectivity index (χ2v) is 8.13. The highest BCUT2D eigenvalue weighted by molar-refractivity contribution is 6.09. The highest BCUT2D eigenvalue weighted by Gasteiger charge is 2.25. The number of aromatic nitrogens is 1. The Bertz CT molecular complexity index is 1140. The summed E-state index contributed by atoms with van der Waals surface area (Å²) in [5.74, 6) is 0.834. The Hall–Kier alpha value is -3.08. The lowest BCUT2D eigenvalue weighted by Gasteiger charge is -2.25. The van der Waals surface area contributed by atoms with Crippen LogP contribution in [0.2, 0.25) is 0 Å². The Labute approximate surface area is 184 Å². The van der Waals surface area contributed by atoms with Gasteiger partial charge in [0, 0.05) is 29.2 Å². The number of fused-ring (bicyclic) bond motifs is 1. The summed E-state index contributed by atoms with van der Waals surface area (Å²) in [6, 6.07) is 6.74. The zero-order valence-electron chi connectivity index (χ0n) is 19.2. The highest BCUT2D eigenvalue weighted by atomic mass is 16.3. The molecule has 0 saturated carbocycles. The molecule has 0 bridgehead atoms. The Morgan fingerprint density at radius 2 is 2.03 bits per heavy atom. The zero-order valence-corrected chi connectivity index (χ0v) is 19.2. The molecular formula is C26H34N4O. The molecule has 2 aromatic rings. The first kappa shape index (κ1) is 22.6. The third kappa shape index (κ3) is 4.82. The molecule has 0 spiro atoms. The number of aromatic hydroxyl groups is 1. The molecule has 2 atom stereocenters. The smallest absolute Gasteiger partial charge is 0.198 e. The van der Waals surface area contributed by atoms with Crippen molar-refractivity contribution in [3.05, 3.63) is 63.3 Å². The summed E-state index contributed by atoms with van der Waals surface area (Å²) < 4.78 is 0. The first-order chi connectivity index (χ1) is 14.9. The first-order valence-corrected chi connectivity index (χ1v) is 11.2. The van der Waals surface area contributed by atoms with Crippen LogP contribution in [0.25, 0.3) is 12.2 Å². The van der Waals surface area contributed by atoms with E-state index in [1.54, 1.807) is 12.3 Å². The van der Waals surface area contributed by atoms with Crippen molar-refractivity contribution in [3.8, 4) is 5.88 Å². The first-order valence-electron chi connectivity index (χ1n) is 11.2. The molecular weight excluding hydrogens is 384 g/mol. The minimum Gasteiger partial charge on any atom is -0.494 e.